The van der Waals surface area contributed by atoms with Gasteiger partial charge in [-0.05, 0) is 124 Å². The number of carboxylic acid groups (broad SMARTS) is 2. The van der Waals surface area contributed by atoms with Crippen LogP contribution in [0, 0.1) is 22.7 Å². The summed E-state index contributed by atoms with van der Waals surface area (Å²) in [5, 5.41) is 107. The minimum absolute atomic E-state index is 0.00457. The number of amides is 16. The van der Waals surface area contributed by atoms with Crippen molar-refractivity contribution in [2.75, 3.05) is 64.0 Å². The van der Waals surface area contributed by atoms with E-state index in [-0.39, 0.29) is 121 Å². The number of hydrogen-bond acceptors (Lipinski definition) is 28. The first-order chi connectivity index (χ1) is 67.6. The second-order valence-electron chi connectivity index (χ2n) is 35.1. The van der Waals surface area contributed by atoms with Crippen molar-refractivity contribution in [1.82, 2.24) is 105 Å². The molecule has 2 aliphatic rings. The number of nitrogens with zero attached hydrogens (tertiary/aromatic N) is 3. The van der Waals surface area contributed by atoms with E-state index >= 15 is 9.59 Å². The van der Waals surface area contributed by atoms with E-state index in [0.29, 0.717) is 48.2 Å². The number of nitrogens with one attached hydrogen (secondary N) is 19. The Morgan fingerprint density at radius 3 is 1.29 bits per heavy atom. The van der Waals surface area contributed by atoms with Gasteiger partial charge in [0.2, 0.25) is 94.5 Å². The average molecular weight is 2030 g/mol. The summed E-state index contributed by atoms with van der Waals surface area (Å²) in [4.78, 5) is 263. The van der Waals surface area contributed by atoms with Crippen LogP contribution in [0.1, 0.15) is 140 Å². The van der Waals surface area contributed by atoms with Gasteiger partial charge in [0.25, 0.3) is 0 Å². The molecular weight excluding hydrogens is 1890 g/mol. The number of aromatic hydroxyl groups is 1. The number of carbonyl (C=O) groups is 18. The van der Waals surface area contributed by atoms with Gasteiger partial charge in [0.1, 0.15) is 96.4 Å². The van der Waals surface area contributed by atoms with Crippen LogP contribution >= 0.6 is 25.3 Å². The number of imidazole rings is 1. The fraction of sp³-hybridized carbons (Fsp3) is 0.549. The summed E-state index contributed by atoms with van der Waals surface area (Å²) < 4.78 is 0. The smallest absolute Gasteiger partial charge is 0.326 e. The molecule has 49 nitrogen and oxygen atoms in total. The normalized spacial score (nSPS) is 16.3. The second kappa shape index (κ2) is 60.4. The zero-order valence-electron chi connectivity index (χ0n) is 79.6. The van der Waals surface area contributed by atoms with Crippen LogP contribution < -0.4 is 108 Å². The van der Waals surface area contributed by atoms with E-state index in [1.165, 1.54) is 41.7 Å². The fourth-order valence-corrected chi connectivity index (χ4v) is 16.1. The largest absolute Gasteiger partial charge is 0.508 e. The number of thiol groups is 2. The number of carboxylic acids is 2. The van der Waals surface area contributed by atoms with Crippen molar-refractivity contribution >= 4 is 144 Å². The Bertz CT molecular complexity index is 4920. The van der Waals surface area contributed by atoms with Crippen molar-refractivity contribution in [1.29, 1.82) is 10.8 Å². The number of aromatic nitrogens is 2. The summed E-state index contributed by atoms with van der Waals surface area (Å²) >= 11 is 8.82. The van der Waals surface area contributed by atoms with E-state index in [1.54, 1.807) is 88.4 Å². The molecular formula is C91H136N26O23S2. The van der Waals surface area contributed by atoms with Crippen molar-refractivity contribution < 1.29 is 112 Å². The molecule has 2 saturated heterocycles. The number of rotatable bonds is 61. The predicted molar refractivity (Wildman–Crippen MR) is 522 cm³/mol. The van der Waals surface area contributed by atoms with Crippen LogP contribution in [0.15, 0.2) is 97.5 Å². The molecule has 6 rings (SSSR count). The molecule has 2 fully saturated rings. The maximum Gasteiger partial charge on any atom is 0.326 e. The molecule has 4 aromatic rings. The first kappa shape index (κ1) is 117. The van der Waals surface area contributed by atoms with Gasteiger partial charge in [0, 0.05) is 81.7 Å². The second-order valence-corrected chi connectivity index (χ2v) is 35.9. The number of aliphatic hydroxyl groups excluding tert-OH is 2. The zero-order chi connectivity index (χ0) is 105. The molecule has 3 heterocycles. The monoisotopic (exact) mass is 2020 g/mol. The van der Waals surface area contributed by atoms with Gasteiger partial charge in [0.15, 0.2) is 11.9 Å². The Balaban J connectivity index is 1.18. The number of aliphatic carboxylic acids is 2. The number of hydrogen-bond donors (Lipinski definition) is 30. The van der Waals surface area contributed by atoms with Gasteiger partial charge < -0.3 is 148 Å². The van der Waals surface area contributed by atoms with Gasteiger partial charge in [0.05, 0.1) is 32.1 Å². The Morgan fingerprint density at radius 1 is 0.458 bits per heavy atom. The van der Waals surface area contributed by atoms with Crippen molar-refractivity contribution in [3.63, 3.8) is 0 Å². The molecule has 142 heavy (non-hydrogen) atoms. The summed E-state index contributed by atoms with van der Waals surface area (Å²) in [5.41, 5.74) is 24.3. The number of guanidine groups is 2. The Morgan fingerprint density at radius 2 is 0.859 bits per heavy atom. The van der Waals surface area contributed by atoms with Crippen LogP contribution in [0.25, 0.3) is 0 Å². The number of H-pyrrole nitrogens is 1. The number of aliphatic hydroxyl groups is 2. The highest BCUT2D eigenvalue weighted by atomic mass is 32.1. The quantitative estimate of drug-likeness (QED) is 0.00845. The molecule has 16 atom stereocenters. The van der Waals surface area contributed by atoms with Gasteiger partial charge >= 0.3 is 11.9 Å². The van der Waals surface area contributed by atoms with Gasteiger partial charge in [-0.15, -0.1) is 0 Å². The molecule has 32 N–H and O–H groups in total. The van der Waals surface area contributed by atoms with E-state index in [0.717, 1.165) is 4.90 Å². The van der Waals surface area contributed by atoms with Crippen molar-refractivity contribution in [3.8, 4) is 5.75 Å². The Labute approximate surface area is 831 Å². The molecule has 0 aliphatic carbocycles. The number of aromatic amines is 1. The highest BCUT2D eigenvalue weighted by Crippen LogP contribution is 2.24. The molecule has 0 unspecified atom stereocenters. The molecule has 0 bridgehead atoms. The molecule has 0 spiro atoms. The maximum atomic E-state index is 15.0. The molecule has 51 heteroatoms. The number of carbonyl (C=O) groups excluding carboxylic acids is 16. The zero-order valence-corrected chi connectivity index (χ0v) is 81.3. The number of likely N-dealkylation sites (tertiary alicyclic amines) is 2. The van der Waals surface area contributed by atoms with Crippen molar-refractivity contribution in [2.24, 2.45) is 34.8 Å². The minimum atomic E-state index is -1.85. The molecule has 3 aromatic carbocycles. The maximum absolute atomic E-state index is 15.0. The lowest BCUT2D eigenvalue weighted by Gasteiger charge is -2.32. The highest BCUT2D eigenvalue weighted by molar-refractivity contribution is 7.80. The van der Waals surface area contributed by atoms with Crippen LogP contribution in [0.2, 0.25) is 0 Å². The third-order valence-corrected chi connectivity index (χ3v) is 23.9. The van der Waals surface area contributed by atoms with E-state index in [2.05, 4.69) is 120 Å². The van der Waals surface area contributed by atoms with Crippen LogP contribution in [0.5, 0.6) is 5.75 Å². The summed E-state index contributed by atoms with van der Waals surface area (Å²) in [5.74, 6) is -20.7. The molecule has 16 amide bonds. The van der Waals surface area contributed by atoms with Gasteiger partial charge in [-0.3, -0.25) is 92.3 Å². The number of phenolic OH excluding ortho intramolecular Hbond substituents is 1. The van der Waals surface area contributed by atoms with Crippen molar-refractivity contribution in [3.05, 3.63) is 120 Å². The molecule has 0 saturated carbocycles. The van der Waals surface area contributed by atoms with Crippen LogP contribution in [0.4, 0.5) is 0 Å². The minimum Gasteiger partial charge on any atom is -0.508 e. The number of phenols is 1. The standard InChI is InChI=1S/C91H136N26O23S2/c1-49(2)37-63(109-81(131)66(45-119)112-86(136)73(50(3)4)115-71(121)43-101-74(124)56(93)21-11-12-32-92)87(137)116-35-15-24-69(116)84(134)108-62(40-53-26-28-55(120)29-27-53)79(129)103-58(23-14-34-100-91(96)97)76(126)114-68(47-142)88(138)117-36-16-25-70(117)85(135)113-67(46-141)83(133)104-57(22-13-33-99-90(94)95)75(125)106-61(39-52-19-9-6-10-20-52)80(130)107-60(38-51-17-7-5-8-18-51)78(128)105-59(30-31-72(122)123)77(127)111-65(44-118)82(132)110-64(89(139)140)41-54-42-98-48-102-54/h5-10,17-20,26-29,42,48-50,56-70,73,118-120,141-142H,11-16,21-25,30-41,43-47,92-93H2,1-4H3,(H,98,102)(H,101,124)(H,103,129)(H,104,133)(H,105,128)(H,106,125)(H,107,130)(H,108,134)(H,109,131)(H,110,132)(H,111,127)(H,112,136)(H,113,135)(H,114,126)(H,115,121)(H,122,123)(H,139,140)(H4,94,95,99)(H4,96,97,100)/t56-,57-,58-,59-,60-,61-,62-,63-,64-,65-,66-,67-,68-,69-,70-,73-/m0/s1. The van der Waals surface area contributed by atoms with E-state index in [1.807, 2.05) is 0 Å². The van der Waals surface area contributed by atoms with Crippen LogP contribution in [0.3, 0.4) is 0 Å². The first-order valence-electron chi connectivity index (χ1n) is 46.7. The summed E-state index contributed by atoms with van der Waals surface area (Å²) in [6.45, 7) is 4.35. The SMILES string of the molecule is CC(C)C[C@H](NC(=O)[C@H](CO)NC(=O)[C@@H](NC(=O)CNC(=O)[C@@H](N)CCCCN)C(C)C)C(=O)N1CCC[C@H]1C(=O)N[C@@H](Cc1ccc(O)cc1)C(=O)N[C@@H](CCCNC(=N)N)C(=O)N[C@@H](CS)C(=O)N1CCC[C@H]1C(=O)N[C@@H](CS)C(=O)N[C@@H](CCCNC(=N)N)C(=O)N[C@@H](Cc1ccccc1)C(=O)N[C@@H](Cc1ccccc1)C(=O)N[C@@H](CCC(=O)O)C(=O)N[C@@H](CO)C(=O)N[C@@H](Cc1cnc[nH]1)C(=O)O. The van der Waals surface area contributed by atoms with Crippen LogP contribution in [-0.4, -0.2) is 324 Å². The Kier molecular flexibility index (Phi) is 49.7. The van der Waals surface area contributed by atoms with E-state index in [4.69, 9.17) is 33.8 Å². The van der Waals surface area contributed by atoms with Gasteiger partial charge in [-0.1, -0.05) is 107 Å². The average Bonchev–Trinajstić information content (AvgIpc) is 1.65. The van der Waals surface area contributed by atoms with Crippen molar-refractivity contribution in [2.45, 2.75) is 240 Å². The third kappa shape index (κ3) is 39.4. The lowest BCUT2D eigenvalue weighted by atomic mass is 10.0. The molecule has 780 valence electrons. The van der Waals surface area contributed by atoms with Gasteiger partial charge in [-0.2, -0.15) is 25.3 Å². The molecule has 0 radical (unpaired) electrons. The Hall–Kier alpha value is -13.8. The summed E-state index contributed by atoms with van der Waals surface area (Å²) in [6, 6.07) is -2.34. The number of benzene rings is 3. The summed E-state index contributed by atoms with van der Waals surface area (Å²) in [7, 11) is 0. The van der Waals surface area contributed by atoms with E-state index < -0.39 is 265 Å². The molecule has 2 aliphatic heterocycles. The highest BCUT2D eigenvalue weighted by Gasteiger charge is 2.44. The topological polar surface area (TPSA) is 788 Å². The lowest BCUT2D eigenvalue weighted by Crippen LogP contribution is -2.61. The van der Waals surface area contributed by atoms with Gasteiger partial charge in [-0.25, -0.2) is 9.78 Å². The first-order valence-corrected chi connectivity index (χ1v) is 48.0. The lowest BCUT2D eigenvalue weighted by molar-refractivity contribution is -0.143. The predicted octanol–water partition coefficient (Wildman–Crippen LogP) is -6.73. The van der Waals surface area contributed by atoms with E-state index in [9.17, 15) is 102 Å². The third-order valence-electron chi connectivity index (χ3n) is 23.2. The fourth-order valence-electron chi connectivity index (χ4n) is 15.6. The molecule has 1 aromatic heterocycles. The number of nitrogens with two attached hydrogens (primary N) is 4. The van der Waals surface area contributed by atoms with Crippen LogP contribution in [-0.2, 0) is 112 Å². The number of unbranched alkanes of at least 4 members (excludes halogenated alkanes) is 1. The summed E-state index contributed by atoms with van der Waals surface area (Å²) in [6.07, 6.45) is 1.64.